The molecule has 7 nitrogen and oxygen atoms in total. The number of halogens is 2. The highest BCUT2D eigenvalue weighted by atomic mass is 127. The van der Waals surface area contributed by atoms with Crippen LogP contribution in [-0.4, -0.2) is 24.5 Å². The molecule has 1 fully saturated rings. The van der Waals surface area contributed by atoms with E-state index in [9.17, 15) is 14.4 Å². The number of urea groups is 1. The van der Waals surface area contributed by atoms with Crippen LogP contribution in [0.1, 0.15) is 29.2 Å². The molecule has 3 aromatic rings. The topological polar surface area (TPSA) is 84.9 Å². The molecule has 0 aliphatic carbocycles. The third-order valence-corrected chi connectivity index (χ3v) is 6.94. The predicted molar refractivity (Wildman–Crippen MR) is 151 cm³/mol. The second kappa shape index (κ2) is 11.4. The highest BCUT2D eigenvalue weighted by Gasteiger charge is 2.37. The van der Waals surface area contributed by atoms with Gasteiger partial charge in [-0.15, -0.1) is 0 Å². The van der Waals surface area contributed by atoms with Crippen LogP contribution < -0.4 is 19.7 Å². The van der Waals surface area contributed by atoms with Crippen LogP contribution in [0.15, 0.2) is 60.2 Å². The quantitative estimate of drug-likeness (QED) is 0.191. The van der Waals surface area contributed by atoms with Crippen molar-refractivity contribution in [2.24, 2.45) is 0 Å². The van der Waals surface area contributed by atoms with Gasteiger partial charge in [-0.2, -0.15) is 0 Å². The zero-order valence-electron chi connectivity index (χ0n) is 20.4. The lowest BCUT2D eigenvalue weighted by atomic mass is 10.1. The molecule has 1 N–H and O–H groups in total. The summed E-state index contributed by atoms with van der Waals surface area (Å²) in [7, 11) is 0. The summed E-state index contributed by atoms with van der Waals surface area (Å²) in [5, 5.41) is 2.64. The molecular weight excluding hydrogens is 607 g/mol. The monoisotopic (exact) mass is 630 g/mol. The Labute approximate surface area is 233 Å². The zero-order valence-corrected chi connectivity index (χ0v) is 23.3. The third kappa shape index (κ3) is 5.80. The van der Waals surface area contributed by atoms with Crippen molar-refractivity contribution in [1.29, 1.82) is 0 Å². The number of imide groups is 2. The van der Waals surface area contributed by atoms with Gasteiger partial charge in [0.25, 0.3) is 11.8 Å². The number of barbiturate groups is 1. The maximum absolute atomic E-state index is 13.3. The first-order valence-electron chi connectivity index (χ1n) is 11.5. The number of aryl methyl sites for hydroxylation is 1. The minimum absolute atomic E-state index is 0.189. The minimum Gasteiger partial charge on any atom is -0.490 e. The van der Waals surface area contributed by atoms with E-state index in [4.69, 9.17) is 21.1 Å². The molecule has 190 valence electrons. The van der Waals surface area contributed by atoms with Crippen molar-refractivity contribution in [1.82, 2.24) is 5.32 Å². The standard InChI is InChI=1S/C28H24ClIN2O5/c1-4-36-24-14-19(13-22(30)25(24)37-15-18-10-8-16(2)9-11-18)12-20-26(33)31-28(35)32(27(20)34)23-7-5-6-21(29)17(23)3/h5-14H,4,15H2,1-3H3,(H,31,33,35)/b20-12+. The van der Waals surface area contributed by atoms with Crippen molar-refractivity contribution in [2.75, 3.05) is 11.5 Å². The SMILES string of the molecule is CCOc1cc(/C=C2\C(=O)NC(=O)N(c3cccc(Cl)c3C)C2=O)cc(I)c1OCc1ccc(C)cc1. The maximum atomic E-state index is 13.3. The number of ether oxygens (including phenoxy) is 2. The van der Waals surface area contributed by atoms with Gasteiger partial charge in [0.1, 0.15) is 12.2 Å². The van der Waals surface area contributed by atoms with E-state index in [1.807, 2.05) is 38.1 Å². The summed E-state index contributed by atoms with van der Waals surface area (Å²) < 4.78 is 12.6. The highest BCUT2D eigenvalue weighted by Crippen LogP contribution is 2.36. The first-order valence-corrected chi connectivity index (χ1v) is 13.0. The number of benzene rings is 3. The third-order valence-electron chi connectivity index (χ3n) is 5.73. The number of nitrogens with one attached hydrogen (secondary N) is 1. The Morgan fingerprint density at radius 3 is 2.46 bits per heavy atom. The fourth-order valence-electron chi connectivity index (χ4n) is 3.80. The van der Waals surface area contributed by atoms with Gasteiger partial charge in [-0.1, -0.05) is 47.5 Å². The van der Waals surface area contributed by atoms with E-state index < -0.39 is 17.8 Å². The molecule has 1 saturated heterocycles. The molecule has 4 amide bonds. The van der Waals surface area contributed by atoms with Crippen LogP contribution in [0.2, 0.25) is 5.02 Å². The second-order valence-electron chi connectivity index (χ2n) is 8.38. The van der Waals surface area contributed by atoms with Crippen molar-refractivity contribution < 1.29 is 23.9 Å². The predicted octanol–water partition coefficient (Wildman–Crippen LogP) is 6.21. The number of carbonyl (C=O) groups excluding carboxylic acids is 3. The summed E-state index contributed by atoms with van der Waals surface area (Å²) in [6.45, 7) is 6.33. The Morgan fingerprint density at radius 2 is 1.76 bits per heavy atom. The van der Waals surface area contributed by atoms with Crippen LogP contribution in [0, 0.1) is 17.4 Å². The molecule has 0 unspecified atom stereocenters. The van der Waals surface area contributed by atoms with Crippen LogP contribution in [0.3, 0.4) is 0 Å². The van der Waals surface area contributed by atoms with Crippen LogP contribution in [0.25, 0.3) is 6.08 Å². The number of hydrogen-bond acceptors (Lipinski definition) is 5. The Balaban J connectivity index is 1.67. The van der Waals surface area contributed by atoms with Gasteiger partial charge >= 0.3 is 6.03 Å². The molecule has 0 aromatic heterocycles. The number of hydrogen-bond donors (Lipinski definition) is 1. The van der Waals surface area contributed by atoms with Crippen molar-refractivity contribution in [3.8, 4) is 11.5 Å². The molecule has 1 heterocycles. The van der Waals surface area contributed by atoms with E-state index in [1.165, 1.54) is 6.08 Å². The number of amides is 4. The van der Waals surface area contributed by atoms with Gasteiger partial charge in [-0.05, 0) is 90.4 Å². The molecule has 1 aliphatic rings. The minimum atomic E-state index is -0.832. The van der Waals surface area contributed by atoms with E-state index in [1.54, 1.807) is 37.3 Å². The maximum Gasteiger partial charge on any atom is 0.335 e. The van der Waals surface area contributed by atoms with Crippen LogP contribution in [-0.2, 0) is 16.2 Å². The second-order valence-corrected chi connectivity index (χ2v) is 9.95. The molecule has 3 aromatic carbocycles. The van der Waals surface area contributed by atoms with Crippen molar-refractivity contribution in [3.05, 3.63) is 91.0 Å². The molecule has 0 spiro atoms. The van der Waals surface area contributed by atoms with Gasteiger partial charge in [0.2, 0.25) is 0 Å². The fourth-order valence-corrected chi connectivity index (χ4v) is 4.75. The van der Waals surface area contributed by atoms with Crippen LogP contribution in [0.5, 0.6) is 11.5 Å². The zero-order chi connectivity index (χ0) is 26.7. The van der Waals surface area contributed by atoms with Gasteiger partial charge in [0.15, 0.2) is 11.5 Å². The summed E-state index contributed by atoms with van der Waals surface area (Å²) in [5.74, 6) is -0.475. The lowest BCUT2D eigenvalue weighted by Crippen LogP contribution is -2.54. The summed E-state index contributed by atoms with van der Waals surface area (Å²) in [5.41, 5.74) is 3.39. The Bertz CT molecular complexity index is 1420. The van der Waals surface area contributed by atoms with Gasteiger partial charge in [0.05, 0.1) is 15.9 Å². The van der Waals surface area contributed by atoms with Gasteiger partial charge in [-0.25, -0.2) is 9.69 Å². The van der Waals surface area contributed by atoms with E-state index >= 15 is 0 Å². The highest BCUT2D eigenvalue weighted by molar-refractivity contribution is 14.1. The van der Waals surface area contributed by atoms with Gasteiger partial charge < -0.3 is 9.47 Å². The van der Waals surface area contributed by atoms with E-state index in [0.717, 1.165) is 19.6 Å². The first-order chi connectivity index (χ1) is 17.7. The summed E-state index contributed by atoms with van der Waals surface area (Å²) >= 11 is 8.33. The van der Waals surface area contributed by atoms with Crippen LogP contribution in [0.4, 0.5) is 10.5 Å². The molecule has 1 aliphatic heterocycles. The molecule has 0 radical (unpaired) electrons. The van der Waals surface area contributed by atoms with Crippen molar-refractivity contribution in [3.63, 3.8) is 0 Å². The number of nitrogens with zero attached hydrogens (tertiary/aromatic N) is 1. The summed E-state index contributed by atoms with van der Waals surface area (Å²) in [6, 6.07) is 15.6. The fraction of sp³-hybridized carbons (Fsp3) is 0.179. The number of anilines is 1. The molecule has 0 saturated carbocycles. The largest absolute Gasteiger partial charge is 0.490 e. The molecule has 0 atom stereocenters. The van der Waals surface area contributed by atoms with Crippen molar-refractivity contribution >= 4 is 63.8 Å². The Hall–Kier alpha value is -3.37. The molecule has 37 heavy (non-hydrogen) atoms. The van der Waals surface area contributed by atoms with Gasteiger partial charge in [0, 0.05) is 5.02 Å². The number of carbonyl (C=O) groups is 3. The summed E-state index contributed by atoms with van der Waals surface area (Å²) in [6.07, 6.45) is 1.44. The van der Waals surface area contributed by atoms with E-state index in [2.05, 4.69) is 27.9 Å². The number of rotatable bonds is 7. The first kappa shape index (κ1) is 26.7. The van der Waals surface area contributed by atoms with Crippen molar-refractivity contribution in [2.45, 2.75) is 27.4 Å². The lowest BCUT2D eigenvalue weighted by Gasteiger charge is -2.27. The lowest BCUT2D eigenvalue weighted by molar-refractivity contribution is -0.122. The average Bonchev–Trinajstić information content (AvgIpc) is 2.85. The molecule has 9 heteroatoms. The molecule has 0 bridgehead atoms. The van der Waals surface area contributed by atoms with E-state index in [-0.39, 0.29) is 5.57 Å². The Kier molecular flexibility index (Phi) is 8.19. The van der Waals surface area contributed by atoms with Gasteiger partial charge in [-0.3, -0.25) is 14.9 Å². The smallest absolute Gasteiger partial charge is 0.335 e. The van der Waals surface area contributed by atoms with E-state index in [0.29, 0.717) is 46.5 Å². The van der Waals surface area contributed by atoms with Crippen LogP contribution >= 0.6 is 34.2 Å². The summed E-state index contributed by atoms with van der Waals surface area (Å²) in [4.78, 5) is 39.5. The molecular formula is C28H24ClIN2O5. The normalized spacial score (nSPS) is 14.7. The Morgan fingerprint density at radius 1 is 1.03 bits per heavy atom. The molecule has 4 rings (SSSR count). The average molecular weight is 631 g/mol.